The quantitative estimate of drug-likeness (QED) is 0.649. The van der Waals surface area contributed by atoms with Gasteiger partial charge in [0.2, 0.25) is 5.37 Å². The first-order chi connectivity index (χ1) is 7.65. The van der Waals surface area contributed by atoms with Gasteiger partial charge in [-0.15, -0.1) is 0 Å². The summed E-state index contributed by atoms with van der Waals surface area (Å²) in [6, 6.07) is 7.60. The lowest BCUT2D eigenvalue weighted by molar-refractivity contribution is -0.118. The molecule has 1 amide bonds. The van der Waals surface area contributed by atoms with E-state index in [-0.39, 0.29) is 5.91 Å². The number of amides is 1. The minimum absolute atomic E-state index is 0.203. The summed E-state index contributed by atoms with van der Waals surface area (Å²) in [6.07, 6.45) is 0. The minimum atomic E-state index is -0.547. The minimum Gasteiger partial charge on any atom is -0.309 e. The van der Waals surface area contributed by atoms with E-state index in [4.69, 9.17) is 12.2 Å². The lowest BCUT2D eigenvalue weighted by Crippen LogP contribution is -2.22. The van der Waals surface area contributed by atoms with Crippen LogP contribution in [0.15, 0.2) is 34.5 Å². The summed E-state index contributed by atoms with van der Waals surface area (Å²) in [7, 11) is 0. The van der Waals surface area contributed by atoms with E-state index >= 15 is 0 Å². The molecule has 1 heterocycles. The summed E-state index contributed by atoms with van der Waals surface area (Å²) in [4.78, 5) is 11.3. The summed E-state index contributed by atoms with van der Waals surface area (Å²) >= 11 is 6.06. The Morgan fingerprint density at radius 2 is 2.06 bits per heavy atom. The van der Waals surface area contributed by atoms with Gasteiger partial charge in [-0.25, -0.2) is 0 Å². The van der Waals surface area contributed by atoms with E-state index in [2.05, 4.69) is 15.5 Å². The lowest BCUT2D eigenvalue weighted by Gasteiger charge is -1.96. The van der Waals surface area contributed by atoms with Crippen LogP contribution in [0.25, 0.3) is 0 Å². The molecule has 1 aromatic rings. The Bertz CT molecular complexity index is 456. The molecule has 6 heteroatoms. The number of nitrogens with zero attached hydrogens (tertiary/aromatic N) is 2. The first-order valence-corrected chi connectivity index (χ1v) is 5.93. The number of carbonyl (C=O) groups excluding carboxylic acids is 1. The number of thioether (sulfide) groups is 1. The zero-order valence-corrected chi connectivity index (χ0v) is 10.1. The molecule has 0 bridgehead atoms. The van der Waals surface area contributed by atoms with Crippen LogP contribution in [0.3, 0.4) is 0 Å². The van der Waals surface area contributed by atoms with Crippen LogP contribution in [0.1, 0.15) is 5.56 Å². The molecule has 1 fully saturated rings. The number of hydrogen-bond donors (Lipinski definition) is 1. The first-order valence-electron chi connectivity index (χ1n) is 4.64. The zero-order chi connectivity index (χ0) is 11.5. The predicted molar refractivity (Wildman–Crippen MR) is 67.8 cm³/mol. The number of carbonyl (C=O) groups is 1. The summed E-state index contributed by atoms with van der Waals surface area (Å²) < 4.78 is 0.456. The molecule has 4 nitrogen and oxygen atoms in total. The van der Waals surface area contributed by atoms with Gasteiger partial charge in [0, 0.05) is 0 Å². The second-order valence-corrected chi connectivity index (χ2v) is 5.06. The summed E-state index contributed by atoms with van der Waals surface area (Å²) in [5, 5.41) is 9.91. The molecular weight excluding hydrogens is 242 g/mol. The topological polar surface area (TPSA) is 53.8 Å². The molecule has 1 saturated heterocycles. The second-order valence-electron chi connectivity index (χ2n) is 3.30. The number of nitrogens with one attached hydrogen (secondary N) is 1. The molecule has 0 aliphatic carbocycles. The number of aryl methyl sites for hydroxylation is 1. The van der Waals surface area contributed by atoms with Gasteiger partial charge in [0.05, 0.1) is 5.69 Å². The molecule has 1 N–H and O–H groups in total. The third kappa shape index (κ3) is 2.65. The molecule has 1 aliphatic heterocycles. The average molecular weight is 251 g/mol. The summed E-state index contributed by atoms with van der Waals surface area (Å²) in [5.41, 5.74) is 1.89. The molecule has 0 aromatic heterocycles. The molecule has 1 aromatic carbocycles. The number of thiocarbonyl (C=S) groups is 1. The largest absolute Gasteiger partial charge is 0.309 e. The maximum Gasteiger partial charge on any atom is 0.262 e. The molecule has 0 spiro atoms. The smallest absolute Gasteiger partial charge is 0.262 e. The molecule has 1 aliphatic rings. The molecule has 82 valence electrons. The fourth-order valence-corrected chi connectivity index (χ4v) is 2.15. The van der Waals surface area contributed by atoms with Crippen LogP contribution in [0.5, 0.6) is 0 Å². The van der Waals surface area contributed by atoms with Crippen LogP contribution in [0, 0.1) is 6.92 Å². The Labute approximate surface area is 103 Å². The van der Waals surface area contributed by atoms with Gasteiger partial charge in [0.25, 0.3) is 5.91 Å². The molecule has 2 rings (SSSR count). The highest BCUT2D eigenvalue weighted by Crippen LogP contribution is 2.22. The van der Waals surface area contributed by atoms with Crippen LogP contribution >= 0.6 is 24.0 Å². The van der Waals surface area contributed by atoms with Crippen molar-refractivity contribution in [2.75, 3.05) is 0 Å². The summed E-state index contributed by atoms with van der Waals surface area (Å²) in [6.45, 7) is 2.00. The van der Waals surface area contributed by atoms with E-state index in [1.807, 2.05) is 31.2 Å². The van der Waals surface area contributed by atoms with Gasteiger partial charge in [-0.2, -0.15) is 10.2 Å². The SMILES string of the molecule is Cc1ccc(N=N[C@H]2SC(=S)NC2=O)cc1. The molecule has 0 unspecified atom stereocenters. The normalized spacial score (nSPS) is 20.4. The second kappa shape index (κ2) is 4.71. The van der Waals surface area contributed by atoms with E-state index in [1.54, 1.807) is 0 Å². The standard InChI is InChI=1S/C10H9N3OS2/c1-6-2-4-7(5-3-6)12-13-9-8(14)11-10(15)16-9/h2-5,9H,1H3,(H,11,14,15)/t9-/m0/s1. The van der Waals surface area contributed by atoms with Crippen molar-refractivity contribution in [3.63, 3.8) is 0 Å². The van der Waals surface area contributed by atoms with Gasteiger partial charge in [-0.1, -0.05) is 41.7 Å². The lowest BCUT2D eigenvalue weighted by atomic mass is 10.2. The van der Waals surface area contributed by atoms with E-state index in [0.29, 0.717) is 4.32 Å². The van der Waals surface area contributed by atoms with Crippen molar-refractivity contribution in [1.29, 1.82) is 0 Å². The van der Waals surface area contributed by atoms with Crippen molar-refractivity contribution < 1.29 is 4.79 Å². The Morgan fingerprint density at radius 1 is 1.38 bits per heavy atom. The molecular formula is C10H9N3OS2. The van der Waals surface area contributed by atoms with Gasteiger partial charge in [-0.3, -0.25) is 4.79 Å². The van der Waals surface area contributed by atoms with Crippen molar-refractivity contribution in [3.05, 3.63) is 29.8 Å². The Balaban J connectivity index is 2.07. The first kappa shape index (κ1) is 11.2. The van der Waals surface area contributed by atoms with Crippen LogP contribution in [0.4, 0.5) is 5.69 Å². The van der Waals surface area contributed by atoms with Crippen molar-refractivity contribution in [2.45, 2.75) is 12.3 Å². The highest BCUT2D eigenvalue weighted by molar-refractivity contribution is 8.24. The third-order valence-corrected chi connectivity index (χ3v) is 3.22. The maximum absolute atomic E-state index is 11.3. The number of rotatable bonds is 2. The van der Waals surface area contributed by atoms with Crippen molar-refractivity contribution in [2.24, 2.45) is 10.2 Å². The molecule has 0 saturated carbocycles. The monoisotopic (exact) mass is 251 g/mol. The van der Waals surface area contributed by atoms with E-state index < -0.39 is 5.37 Å². The van der Waals surface area contributed by atoms with E-state index in [1.165, 1.54) is 11.8 Å². The van der Waals surface area contributed by atoms with Crippen molar-refractivity contribution >= 4 is 39.9 Å². The molecule has 0 radical (unpaired) electrons. The fraction of sp³-hybridized carbons (Fsp3) is 0.200. The number of benzene rings is 1. The van der Waals surface area contributed by atoms with Gasteiger partial charge in [-0.05, 0) is 19.1 Å². The Hall–Kier alpha value is -1.27. The highest BCUT2D eigenvalue weighted by atomic mass is 32.2. The van der Waals surface area contributed by atoms with Gasteiger partial charge >= 0.3 is 0 Å². The fourth-order valence-electron chi connectivity index (χ4n) is 1.15. The molecule has 16 heavy (non-hydrogen) atoms. The van der Waals surface area contributed by atoms with Gasteiger partial charge in [0.1, 0.15) is 4.32 Å². The van der Waals surface area contributed by atoms with Crippen molar-refractivity contribution in [3.8, 4) is 0 Å². The van der Waals surface area contributed by atoms with Gasteiger partial charge < -0.3 is 5.32 Å². The van der Waals surface area contributed by atoms with E-state index in [9.17, 15) is 4.79 Å². The Morgan fingerprint density at radius 3 is 2.62 bits per heavy atom. The predicted octanol–water partition coefficient (Wildman–Crippen LogP) is 2.55. The zero-order valence-electron chi connectivity index (χ0n) is 8.51. The number of hydrogen-bond acceptors (Lipinski definition) is 5. The maximum atomic E-state index is 11.3. The highest BCUT2D eigenvalue weighted by Gasteiger charge is 2.28. The van der Waals surface area contributed by atoms with Crippen LogP contribution in [-0.2, 0) is 4.79 Å². The molecule has 1 atom stereocenters. The average Bonchev–Trinajstić information content (AvgIpc) is 2.57. The van der Waals surface area contributed by atoms with Crippen LogP contribution in [-0.4, -0.2) is 15.6 Å². The Kier molecular flexibility index (Phi) is 3.31. The van der Waals surface area contributed by atoms with Crippen LogP contribution < -0.4 is 5.32 Å². The number of azo groups is 1. The summed E-state index contributed by atoms with van der Waals surface area (Å²) in [5.74, 6) is -0.203. The van der Waals surface area contributed by atoms with Crippen molar-refractivity contribution in [1.82, 2.24) is 5.32 Å². The third-order valence-electron chi connectivity index (χ3n) is 1.98. The van der Waals surface area contributed by atoms with Crippen LogP contribution in [0.2, 0.25) is 0 Å². The van der Waals surface area contributed by atoms with E-state index in [0.717, 1.165) is 11.3 Å². The van der Waals surface area contributed by atoms with Gasteiger partial charge in [0.15, 0.2) is 0 Å².